The predicted molar refractivity (Wildman–Crippen MR) is 313 cm³/mol. The van der Waals surface area contributed by atoms with Crippen molar-refractivity contribution in [3.8, 4) is 0 Å². The Bertz CT molecular complexity index is 2370. The fraction of sp³-hybridized carbons (Fsp3) is 0.774. The summed E-state index contributed by atoms with van der Waals surface area (Å²) in [7, 11) is 8.09. The highest BCUT2D eigenvalue weighted by Gasteiger charge is 2.84. The molecule has 4 fully saturated rings. The zero-order chi connectivity index (χ0) is 61.0. The maximum Gasteiger partial charge on any atom is 0.269 e. The minimum absolute atomic E-state index is 0.0549. The lowest BCUT2D eigenvalue weighted by Gasteiger charge is -2.41. The van der Waals surface area contributed by atoms with Crippen molar-refractivity contribution in [1.29, 1.82) is 0 Å². The van der Waals surface area contributed by atoms with Gasteiger partial charge in [0.15, 0.2) is 0 Å². The maximum atomic E-state index is 14.8. The molecule has 0 bridgehead atoms. The number of rotatable bonds is 32. The molecule has 1 aromatic carbocycles. The van der Waals surface area contributed by atoms with Gasteiger partial charge in [0, 0.05) is 54.2 Å². The number of carbonyl (C=O) groups excluding carboxylic acids is 8. The van der Waals surface area contributed by atoms with E-state index in [1.807, 2.05) is 86.4 Å². The van der Waals surface area contributed by atoms with E-state index in [4.69, 9.17) is 14.3 Å². The van der Waals surface area contributed by atoms with Crippen LogP contribution in [0, 0.1) is 40.4 Å². The highest BCUT2D eigenvalue weighted by molar-refractivity contribution is 6.12. The number of carbonyl (C=O) groups is 8. The van der Waals surface area contributed by atoms with Crippen LogP contribution >= 0.6 is 0 Å². The third-order valence-corrected chi connectivity index (χ3v) is 18.9. The number of hydroxylamine groups is 2. The van der Waals surface area contributed by atoms with Crippen LogP contribution in [0.4, 0.5) is 0 Å². The number of nitrogens with one attached hydrogen (secondary N) is 3. The summed E-state index contributed by atoms with van der Waals surface area (Å²) in [6.45, 7) is 23.2. The molecule has 3 saturated heterocycles. The molecule has 0 radical (unpaired) electrons. The number of benzene rings is 1. The van der Waals surface area contributed by atoms with Crippen LogP contribution in [-0.2, 0) is 65.5 Å². The first kappa shape index (κ1) is 67.8. The molecule has 8 amide bonds. The van der Waals surface area contributed by atoms with Crippen LogP contribution in [0.3, 0.4) is 0 Å². The number of nitrogens with zero attached hydrogens (tertiary/aromatic N) is 6. The Kier molecular flexibility index (Phi) is 24.9. The van der Waals surface area contributed by atoms with Crippen molar-refractivity contribution >= 4 is 47.3 Å². The predicted octanol–water partition coefficient (Wildman–Crippen LogP) is 6.10. The normalized spacial score (nSPS) is 23.7. The van der Waals surface area contributed by atoms with Crippen LogP contribution in [0.15, 0.2) is 24.3 Å². The summed E-state index contributed by atoms with van der Waals surface area (Å²) in [6.07, 6.45) is 7.16. The summed E-state index contributed by atoms with van der Waals surface area (Å²) < 4.78 is 12.3. The zero-order valence-corrected chi connectivity index (χ0v) is 52.6. The smallest absolute Gasteiger partial charge is 0.269 e. The zero-order valence-electron chi connectivity index (χ0n) is 52.6. The van der Waals surface area contributed by atoms with Gasteiger partial charge in [-0.2, -0.15) is 5.01 Å². The van der Waals surface area contributed by atoms with Gasteiger partial charge in [-0.15, -0.1) is 5.53 Å². The molecule has 5 rings (SSSR count). The van der Waals surface area contributed by atoms with Gasteiger partial charge in [0.05, 0.1) is 60.6 Å². The maximum absolute atomic E-state index is 14.8. The van der Waals surface area contributed by atoms with E-state index in [0.29, 0.717) is 64.8 Å². The van der Waals surface area contributed by atoms with Crippen LogP contribution in [0.2, 0.25) is 0 Å². The van der Waals surface area contributed by atoms with E-state index in [2.05, 4.69) is 35.2 Å². The minimum atomic E-state index is -0.923. The van der Waals surface area contributed by atoms with Crippen LogP contribution in [0.1, 0.15) is 164 Å². The van der Waals surface area contributed by atoms with Gasteiger partial charge < -0.3 is 29.9 Å². The molecule has 462 valence electrons. The number of amides is 8. The van der Waals surface area contributed by atoms with Crippen molar-refractivity contribution in [2.75, 3.05) is 61.6 Å². The molecule has 0 spiro atoms. The summed E-state index contributed by atoms with van der Waals surface area (Å²) in [4.78, 5) is 124. The second kappa shape index (κ2) is 30.2. The molecule has 1 saturated carbocycles. The van der Waals surface area contributed by atoms with Gasteiger partial charge >= 0.3 is 0 Å². The molecule has 1 aromatic rings. The topological polar surface area (TPSA) is 220 Å². The largest absolute Gasteiger partial charge is 0.379 e. The quantitative estimate of drug-likeness (QED) is 0.0550. The molecule has 3 heterocycles. The summed E-state index contributed by atoms with van der Waals surface area (Å²) in [5.74, 6) is -4.22. The fourth-order valence-electron chi connectivity index (χ4n) is 13.7. The number of likely N-dealkylation sites (N-methyl/N-ethyl adjacent to an activating group) is 2. The SMILES string of the molecule is CCCCc1cccc(C[C@H](NC(=O)[C@H](C)[C@@H](OC)[C@@H]2CCCN2C(=O)C[C@@H](OC)[C@H]([C@@H](C)CC)N(C)C(=O)[C@@H](NC(=O)[C@H](C(C)C)N(C)CCCC(=O)N(C)NN2C(=O)C3C(C)(CC)C3(CC)C2=O)C(C)C)C(=O)N2CCCCO2)c1. The van der Waals surface area contributed by atoms with Gasteiger partial charge in [-0.25, -0.2) is 5.06 Å². The summed E-state index contributed by atoms with van der Waals surface area (Å²) in [5.41, 5.74) is 3.73. The number of hydrogen-bond donors (Lipinski definition) is 3. The number of likely N-dealkylation sites (tertiary alicyclic amines) is 1. The average Bonchev–Trinajstić information content (AvgIpc) is 1.49. The lowest BCUT2D eigenvalue weighted by atomic mass is 9.89. The van der Waals surface area contributed by atoms with Crippen molar-refractivity contribution in [1.82, 2.24) is 45.9 Å². The van der Waals surface area contributed by atoms with E-state index >= 15 is 0 Å². The molecule has 3 N–H and O–H groups in total. The number of hydrazine groups is 2. The van der Waals surface area contributed by atoms with Gasteiger partial charge in [0.2, 0.25) is 35.4 Å². The lowest BCUT2D eigenvalue weighted by molar-refractivity contribution is -0.199. The van der Waals surface area contributed by atoms with Gasteiger partial charge in [0.1, 0.15) is 12.1 Å². The van der Waals surface area contributed by atoms with Gasteiger partial charge in [-0.05, 0) is 106 Å². The van der Waals surface area contributed by atoms with Crippen LogP contribution in [0.5, 0.6) is 0 Å². The number of fused-ring (bicyclic) bond motifs is 1. The number of unbranched alkanes of at least 4 members (excludes halogenated alkanes) is 1. The van der Waals surface area contributed by atoms with E-state index in [1.165, 1.54) is 22.7 Å². The number of ether oxygens (including phenoxy) is 2. The highest BCUT2D eigenvalue weighted by Crippen LogP contribution is 2.76. The Labute approximate surface area is 490 Å². The van der Waals surface area contributed by atoms with Crippen molar-refractivity contribution in [3.63, 3.8) is 0 Å². The first-order chi connectivity index (χ1) is 38.8. The number of piperidine rings is 1. The van der Waals surface area contributed by atoms with Crippen molar-refractivity contribution in [2.24, 2.45) is 40.4 Å². The van der Waals surface area contributed by atoms with E-state index < -0.39 is 59.7 Å². The lowest BCUT2D eigenvalue weighted by Crippen LogP contribution is -2.60. The molecular weight excluding hydrogens is 1050 g/mol. The Balaban J connectivity index is 1.22. The monoisotopic (exact) mass is 1150 g/mol. The van der Waals surface area contributed by atoms with Gasteiger partial charge in [0.25, 0.3) is 11.8 Å². The number of hydrogen-bond acceptors (Lipinski definition) is 13. The number of methoxy groups -OCH3 is 2. The van der Waals surface area contributed by atoms with Crippen molar-refractivity contribution in [3.05, 3.63) is 35.4 Å². The van der Waals surface area contributed by atoms with Gasteiger partial charge in [-0.3, -0.25) is 53.1 Å². The van der Waals surface area contributed by atoms with Crippen LogP contribution < -0.4 is 16.2 Å². The van der Waals surface area contributed by atoms with E-state index in [-0.39, 0.29) is 89.7 Å². The van der Waals surface area contributed by atoms with Crippen LogP contribution in [-0.4, -0.2) is 181 Å². The third-order valence-electron chi connectivity index (χ3n) is 18.9. The minimum Gasteiger partial charge on any atom is -0.379 e. The Morgan fingerprint density at radius 3 is 2.11 bits per heavy atom. The number of imide groups is 1. The van der Waals surface area contributed by atoms with E-state index in [1.54, 1.807) is 38.0 Å². The first-order valence-corrected chi connectivity index (χ1v) is 30.7. The molecule has 4 aliphatic rings. The molecule has 3 unspecified atom stereocenters. The molecule has 20 nitrogen and oxygen atoms in total. The first-order valence-electron chi connectivity index (χ1n) is 30.7. The van der Waals surface area contributed by atoms with E-state index in [9.17, 15) is 38.4 Å². The molecule has 0 aromatic heterocycles. The van der Waals surface area contributed by atoms with Crippen molar-refractivity contribution < 1.29 is 52.7 Å². The summed E-state index contributed by atoms with van der Waals surface area (Å²) >= 11 is 0. The van der Waals surface area contributed by atoms with Gasteiger partial charge in [-0.1, -0.05) is 113 Å². The molecule has 1 aliphatic carbocycles. The standard InChI is InChI=1S/C62H103N9O11/c1-17-21-27-43-28-24-29-44(36-43)37-45(57(76)70-34-22-23-35-82-70)63-55(74)42(10)53(81-16)46-30-25-33-69(46)49(73)38-47(80-15)52(41(9)18-2)67(13)58(77)50(39(5)6)64-56(75)51(40(7)8)66(12)32-26-31-48(72)68(14)65-71-59(78)54-61(11,19-3)62(54,20-4)60(71)79/h24,28-29,36,39-42,45-47,50-54,65H,17-23,25-27,30-35,37-38H2,1-16H3,(H,63,74)(H,64,75)/t41-,42+,45-,46-,47+,50-,51-,52-,53+,54?,61?,62?/m0/s1. The Morgan fingerprint density at radius 2 is 1.54 bits per heavy atom. The average molecular weight is 1150 g/mol. The second-order valence-corrected chi connectivity index (χ2v) is 24.8. The third kappa shape index (κ3) is 14.9. The Hall–Kier alpha value is -5.02. The molecule has 20 heteroatoms. The van der Waals surface area contributed by atoms with Crippen molar-refractivity contribution in [2.45, 2.75) is 208 Å². The summed E-state index contributed by atoms with van der Waals surface area (Å²) in [5, 5.41) is 9.72. The van der Waals surface area contributed by atoms with E-state index in [0.717, 1.165) is 42.7 Å². The molecule has 12 atom stereocenters. The molecule has 3 aliphatic heterocycles. The van der Waals surface area contributed by atoms with Crippen LogP contribution in [0.25, 0.3) is 0 Å². The number of aryl methyl sites for hydroxylation is 1. The second-order valence-electron chi connectivity index (χ2n) is 24.8. The Morgan fingerprint density at radius 1 is 0.841 bits per heavy atom. The highest BCUT2D eigenvalue weighted by atomic mass is 16.7. The molecule has 82 heavy (non-hydrogen) atoms. The fourth-order valence-corrected chi connectivity index (χ4v) is 13.7. The molecular formula is C62H103N9O11. The summed E-state index contributed by atoms with van der Waals surface area (Å²) in [6, 6.07) is 4.68.